The van der Waals surface area contributed by atoms with Gasteiger partial charge in [-0.1, -0.05) is 32.0 Å². The van der Waals surface area contributed by atoms with Crippen molar-refractivity contribution in [1.29, 1.82) is 5.26 Å². The van der Waals surface area contributed by atoms with E-state index in [0.29, 0.717) is 17.4 Å². The number of hydrogen-bond acceptors (Lipinski definition) is 4. The minimum absolute atomic E-state index is 0.0579. The van der Waals surface area contributed by atoms with Crippen molar-refractivity contribution in [3.8, 4) is 11.8 Å². The molecule has 1 N–H and O–H groups in total. The van der Waals surface area contributed by atoms with E-state index < -0.39 is 10.0 Å². The first-order valence-corrected chi connectivity index (χ1v) is 8.57. The third-order valence-electron chi connectivity index (χ3n) is 3.43. The summed E-state index contributed by atoms with van der Waals surface area (Å²) < 4.78 is 32.9. The fourth-order valence-corrected chi connectivity index (χ4v) is 3.37. The molecule has 2 aromatic carbocycles. The Bertz CT molecular complexity index is 852. The maximum atomic E-state index is 12.6. The van der Waals surface area contributed by atoms with Crippen LogP contribution in [-0.4, -0.2) is 15.5 Å². The van der Waals surface area contributed by atoms with Crippen molar-refractivity contribution in [2.75, 3.05) is 11.8 Å². The molecule has 0 saturated heterocycles. The Morgan fingerprint density at radius 3 is 2.48 bits per heavy atom. The lowest BCUT2D eigenvalue weighted by molar-refractivity contribution is 0.416. The Kier molecular flexibility index (Phi) is 4.92. The number of nitrogens with zero attached hydrogens (tertiary/aromatic N) is 1. The van der Waals surface area contributed by atoms with Crippen molar-refractivity contribution in [3.05, 3.63) is 53.6 Å². The zero-order chi connectivity index (χ0) is 17.0. The average Bonchev–Trinajstić information content (AvgIpc) is 2.54. The lowest BCUT2D eigenvalue weighted by Crippen LogP contribution is -2.15. The summed E-state index contributed by atoms with van der Waals surface area (Å²) in [6.07, 6.45) is 0. The van der Waals surface area contributed by atoms with E-state index in [9.17, 15) is 8.42 Å². The quantitative estimate of drug-likeness (QED) is 0.910. The highest BCUT2D eigenvalue weighted by Crippen LogP contribution is 2.31. The highest BCUT2D eigenvalue weighted by Gasteiger charge is 2.20. The molecule has 0 spiro atoms. The Hall–Kier alpha value is -2.52. The number of anilines is 1. The van der Waals surface area contributed by atoms with Gasteiger partial charge in [0.1, 0.15) is 16.7 Å². The van der Waals surface area contributed by atoms with Gasteiger partial charge in [0.15, 0.2) is 0 Å². The number of methoxy groups -OCH3 is 1. The molecule has 0 aliphatic rings. The van der Waals surface area contributed by atoms with Gasteiger partial charge in [-0.2, -0.15) is 5.26 Å². The van der Waals surface area contributed by atoms with Gasteiger partial charge in [-0.3, -0.25) is 4.72 Å². The van der Waals surface area contributed by atoms with Crippen molar-refractivity contribution in [3.63, 3.8) is 0 Å². The predicted molar refractivity (Wildman–Crippen MR) is 89.0 cm³/mol. The lowest BCUT2D eigenvalue weighted by Gasteiger charge is -2.15. The van der Waals surface area contributed by atoms with Crippen molar-refractivity contribution < 1.29 is 13.2 Å². The SMILES string of the molecule is COc1cc(C(C)C)ccc1NS(=O)(=O)c1ccccc1C#N. The molecule has 0 aliphatic carbocycles. The molecule has 0 heterocycles. The summed E-state index contributed by atoms with van der Waals surface area (Å²) >= 11 is 0. The Labute approximate surface area is 136 Å². The normalized spacial score (nSPS) is 11.1. The maximum Gasteiger partial charge on any atom is 0.263 e. The van der Waals surface area contributed by atoms with Crippen molar-refractivity contribution in [1.82, 2.24) is 0 Å². The van der Waals surface area contributed by atoms with E-state index in [-0.39, 0.29) is 10.5 Å². The van der Waals surface area contributed by atoms with Crippen molar-refractivity contribution >= 4 is 15.7 Å². The second kappa shape index (κ2) is 6.71. The number of sulfonamides is 1. The van der Waals surface area contributed by atoms with Crippen LogP contribution in [0, 0.1) is 11.3 Å². The zero-order valence-electron chi connectivity index (χ0n) is 13.2. The number of hydrogen-bond donors (Lipinski definition) is 1. The van der Waals surface area contributed by atoms with Crippen LogP contribution in [-0.2, 0) is 10.0 Å². The molecule has 0 amide bonds. The van der Waals surface area contributed by atoms with Crippen molar-refractivity contribution in [2.24, 2.45) is 0 Å². The third kappa shape index (κ3) is 3.63. The first kappa shape index (κ1) is 16.8. The van der Waals surface area contributed by atoms with Crippen LogP contribution in [0.15, 0.2) is 47.4 Å². The molecule has 2 rings (SSSR count). The summed E-state index contributed by atoms with van der Waals surface area (Å²) in [5.74, 6) is 0.739. The van der Waals surface area contributed by atoms with Crippen LogP contribution in [0.1, 0.15) is 30.9 Å². The van der Waals surface area contributed by atoms with Crippen LogP contribution < -0.4 is 9.46 Å². The third-order valence-corrected chi connectivity index (χ3v) is 4.86. The van der Waals surface area contributed by atoms with Crippen LogP contribution in [0.3, 0.4) is 0 Å². The van der Waals surface area contributed by atoms with Crippen LogP contribution in [0.25, 0.3) is 0 Å². The summed E-state index contributed by atoms with van der Waals surface area (Å²) in [6, 6.07) is 13.3. The molecule has 23 heavy (non-hydrogen) atoms. The van der Waals surface area contributed by atoms with Crippen LogP contribution in [0.5, 0.6) is 5.75 Å². The van der Waals surface area contributed by atoms with Gasteiger partial charge >= 0.3 is 0 Å². The fraction of sp³-hybridized carbons (Fsp3) is 0.235. The van der Waals surface area contributed by atoms with Crippen molar-refractivity contribution in [2.45, 2.75) is 24.7 Å². The standard InChI is InChI=1S/C17H18N2O3S/c1-12(2)13-8-9-15(16(10-13)22-3)19-23(20,21)17-7-5-4-6-14(17)11-18/h4-10,12,19H,1-3H3. The molecular weight excluding hydrogens is 312 g/mol. The van der Waals surface area contributed by atoms with E-state index in [0.717, 1.165) is 5.56 Å². The minimum atomic E-state index is -3.87. The molecule has 0 aromatic heterocycles. The largest absolute Gasteiger partial charge is 0.495 e. The summed E-state index contributed by atoms with van der Waals surface area (Å²) in [7, 11) is -2.39. The van der Waals surface area contributed by atoms with Crippen LogP contribution in [0.2, 0.25) is 0 Å². The van der Waals surface area contributed by atoms with Gasteiger partial charge in [-0.15, -0.1) is 0 Å². The van der Waals surface area contributed by atoms with Gasteiger partial charge in [0, 0.05) is 0 Å². The molecule has 0 fully saturated rings. The highest BCUT2D eigenvalue weighted by atomic mass is 32.2. The zero-order valence-corrected chi connectivity index (χ0v) is 14.0. The van der Waals surface area contributed by atoms with E-state index in [1.54, 1.807) is 24.3 Å². The van der Waals surface area contributed by atoms with Gasteiger partial charge in [0.2, 0.25) is 0 Å². The summed E-state index contributed by atoms with van der Waals surface area (Å²) in [4.78, 5) is -0.0579. The predicted octanol–water partition coefficient (Wildman–Crippen LogP) is 3.49. The van der Waals surface area contributed by atoms with E-state index in [1.807, 2.05) is 26.0 Å². The lowest BCUT2D eigenvalue weighted by atomic mass is 10.0. The van der Waals surface area contributed by atoms with Gasteiger partial charge in [0.25, 0.3) is 10.0 Å². The first-order valence-electron chi connectivity index (χ1n) is 7.09. The van der Waals surface area contributed by atoms with Gasteiger partial charge in [0.05, 0.1) is 18.4 Å². The molecule has 0 aliphatic heterocycles. The smallest absolute Gasteiger partial charge is 0.263 e. The molecule has 120 valence electrons. The summed E-state index contributed by atoms with van der Waals surface area (Å²) in [5.41, 5.74) is 1.48. The second-order valence-corrected chi connectivity index (χ2v) is 6.98. The second-order valence-electron chi connectivity index (χ2n) is 5.33. The molecule has 0 saturated carbocycles. The maximum absolute atomic E-state index is 12.6. The Morgan fingerprint density at radius 2 is 1.87 bits per heavy atom. The molecule has 0 radical (unpaired) electrons. The highest BCUT2D eigenvalue weighted by molar-refractivity contribution is 7.92. The number of benzene rings is 2. The minimum Gasteiger partial charge on any atom is -0.495 e. The van der Waals surface area contributed by atoms with E-state index >= 15 is 0 Å². The molecule has 0 unspecified atom stereocenters. The number of ether oxygens (including phenoxy) is 1. The van der Waals surface area contributed by atoms with Crippen LogP contribution in [0.4, 0.5) is 5.69 Å². The van der Waals surface area contributed by atoms with Gasteiger partial charge in [-0.05, 0) is 35.7 Å². The first-order chi connectivity index (χ1) is 10.9. The fourth-order valence-electron chi connectivity index (χ4n) is 2.14. The van der Waals surface area contributed by atoms with E-state index in [1.165, 1.54) is 19.2 Å². The molecule has 0 atom stereocenters. The number of nitriles is 1. The molecule has 5 nitrogen and oxygen atoms in total. The number of nitrogens with one attached hydrogen (secondary N) is 1. The van der Waals surface area contributed by atoms with Gasteiger partial charge in [-0.25, -0.2) is 8.42 Å². The van der Waals surface area contributed by atoms with E-state index in [2.05, 4.69) is 4.72 Å². The average molecular weight is 330 g/mol. The monoisotopic (exact) mass is 330 g/mol. The molecule has 0 bridgehead atoms. The molecule has 2 aromatic rings. The van der Waals surface area contributed by atoms with Gasteiger partial charge < -0.3 is 4.74 Å². The number of rotatable bonds is 5. The topological polar surface area (TPSA) is 79.2 Å². The Balaban J connectivity index is 2.44. The molecule has 6 heteroatoms. The summed E-state index contributed by atoms with van der Waals surface area (Å²) in [6.45, 7) is 4.09. The molecular formula is C17H18N2O3S. The Morgan fingerprint density at radius 1 is 1.17 bits per heavy atom. The summed E-state index contributed by atoms with van der Waals surface area (Å²) in [5, 5.41) is 9.08. The van der Waals surface area contributed by atoms with Crippen LogP contribution >= 0.6 is 0 Å². The van der Waals surface area contributed by atoms with E-state index in [4.69, 9.17) is 10.00 Å².